The highest BCUT2D eigenvalue weighted by molar-refractivity contribution is 5.73. The molecule has 0 saturated heterocycles. The summed E-state index contributed by atoms with van der Waals surface area (Å²) < 4.78 is 10.6. The summed E-state index contributed by atoms with van der Waals surface area (Å²) >= 11 is 0. The van der Waals surface area contributed by atoms with Crippen LogP contribution in [-0.2, 0) is 28.7 Å². The van der Waals surface area contributed by atoms with Crippen molar-refractivity contribution in [2.45, 2.75) is 12.8 Å². The van der Waals surface area contributed by atoms with Crippen LogP contribution in [-0.4, -0.2) is 120 Å². The molecule has 0 amide bonds. The molecule has 0 aromatic carbocycles. The molecule has 0 aromatic rings. The third-order valence-electron chi connectivity index (χ3n) is 3.33. The lowest BCUT2D eigenvalue weighted by atomic mass is 10.3. The Morgan fingerprint density at radius 2 is 0.821 bits per heavy atom. The van der Waals surface area contributed by atoms with E-state index in [9.17, 15) is 19.2 Å². The molecule has 0 fully saturated rings. The predicted octanol–water partition coefficient (Wildman–Crippen LogP) is -1.26. The van der Waals surface area contributed by atoms with Crippen LogP contribution < -0.4 is 0 Å². The van der Waals surface area contributed by atoms with E-state index in [2.05, 4.69) is 0 Å². The van der Waals surface area contributed by atoms with Crippen LogP contribution in [0.3, 0.4) is 0 Å². The van der Waals surface area contributed by atoms with Crippen LogP contribution >= 0.6 is 0 Å². The maximum atomic E-state index is 10.7. The molecular formula is C16H28N2O10. The summed E-state index contributed by atoms with van der Waals surface area (Å²) in [4.78, 5) is 45.2. The molecule has 0 saturated carbocycles. The molecule has 162 valence electrons. The van der Waals surface area contributed by atoms with Crippen molar-refractivity contribution in [3.05, 3.63) is 0 Å². The highest BCUT2D eigenvalue weighted by atomic mass is 16.5. The highest BCUT2D eigenvalue weighted by Crippen LogP contribution is 1.95. The van der Waals surface area contributed by atoms with Crippen LogP contribution in [0, 0.1) is 0 Å². The van der Waals surface area contributed by atoms with Gasteiger partial charge in [0.05, 0.1) is 39.4 Å². The fourth-order valence-electron chi connectivity index (χ4n) is 2.30. The molecule has 12 nitrogen and oxygen atoms in total. The van der Waals surface area contributed by atoms with Gasteiger partial charge >= 0.3 is 23.9 Å². The number of carboxylic acid groups (broad SMARTS) is 4. The number of carbonyl (C=O) groups is 4. The van der Waals surface area contributed by atoms with Crippen molar-refractivity contribution in [1.29, 1.82) is 0 Å². The van der Waals surface area contributed by atoms with Crippen molar-refractivity contribution >= 4 is 23.9 Å². The summed E-state index contributed by atoms with van der Waals surface area (Å²) in [5.74, 6) is -4.39. The lowest BCUT2D eigenvalue weighted by Crippen LogP contribution is -2.35. The summed E-state index contributed by atoms with van der Waals surface area (Å²) in [6, 6.07) is 0. The van der Waals surface area contributed by atoms with Crippen LogP contribution in [0.15, 0.2) is 0 Å². The maximum absolute atomic E-state index is 10.7. The van der Waals surface area contributed by atoms with Crippen molar-refractivity contribution < 1.29 is 49.1 Å². The lowest BCUT2D eigenvalue weighted by Gasteiger charge is -2.18. The zero-order valence-electron chi connectivity index (χ0n) is 15.6. The summed E-state index contributed by atoms with van der Waals surface area (Å²) in [6.45, 7) is 0.398. The first-order valence-electron chi connectivity index (χ1n) is 8.68. The molecule has 0 spiro atoms. The minimum atomic E-state index is -1.10. The van der Waals surface area contributed by atoms with Gasteiger partial charge in [-0.15, -0.1) is 0 Å². The first-order valence-corrected chi connectivity index (χ1v) is 8.68. The van der Waals surface area contributed by atoms with Gasteiger partial charge in [-0.3, -0.25) is 29.0 Å². The Hall–Kier alpha value is -2.28. The van der Waals surface area contributed by atoms with Crippen LogP contribution in [0.1, 0.15) is 12.8 Å². The van der Waals surface area contributed by atoms with Crippen molar-refractivity contribution in [3.8, 4) is 0 Å². The lowest BCUT2D eigenvalue weighted by molar-refractivity contribution is -0.143. The molecular weight excluding hydrogens is 380 g/mol. The molecule has 0 unspecified atom stereocenters. The van der Waals surface area contributed by atoms with Gasteiger partial charge in [0.2, 0.25) is 0 Å². The molecule has 0 aliphatic heterocycles. The third-order valence-corrected chi connectivity index (χ3v) is 3.33. The molecule has 12 heteroatoms. The Balaban J connectivity index is 3.71. The fourth-order valence-corrected chi connectivity index (χ4v) is 2.30. The Bertz CT molecular complexity index is 424. The SMILES string of the molecule is O=C(O)CN(CCCOCCOCCCN(CC(=O)O)CC(=O)O)CC(=O)O. The van der Waals surface area contributed by atoms with Crippen molar-refractivity contribution in [2.75, 3.05) is 65.7 Å². The maximum Gasteiger partial charge on any atom is 0.317 e. The smallest absolute Gasteiger partial charge is 0.317 e. The molecule has 28 heavy (non-hydrogen) atoms. The van der Waals surface area contributed by atoms with Gasteiger partial charge in [0.25, 0.3) is 0 Å². The summed E-state index contributed by atoms with van der Waals surface area (Å²) in [7, 11) is 0. The van der Waals surface area contributed by atoms with Gasteiger partial charge in [-0.1, -0.05) is 0 Å². The number of carboxylic acids is 4. The topological polar surface area (TPSA) is 174 Å². The Kier molecular flexibility index (Phi) is 14.5. The second-order valence-corrected chi connectivity index (χ2v) is 5.93. The Morgan fingerprint density at radius 3 is 1.07 bits per heavy atom. The van der Waals surface area contributed by atoms with Gasteiger partial charge in [0.15, 0.2) is 0 Å². The van der Waals surface area contributed by atoms with Gasteiger partial charge in [-0.2, -0.15) is 0 Å². The normalized spacial score (nSPS) is 11.1. The van der Waals surface area contributed by atoms with E-state index in [1.165, 1.54) is 9.80 Å². The van der Waals surface area contributed by atoms with Gasteiger partial charge in [0, 0.05) is 26.3 Å². The summed E-state index contributed by atoms with van der Waals surface area (Å²) in [5, 5.41) is 34.9. The van der Waals surface area contributed by atoms with E-state index in [1.54, 1.807) is 0 Å². The average molecular weight is 408 g/mol. The van der Waals surface area contributed by atoms with Gasteiger partial charge < -0.3 is 29.9 Å². The molecule has 0 radical (unpaired) electrons. The number of ether oxygens (including phenoxy) is 2. The minimum Gasteiger partial charge on any atom is -0.480 e. The molecule has 0 atom stereocenters. The van der Waals surface area contributed by atoms with E-state index < -0.39 is 23.9 Å². The van der Waals surface area contributed by atoms with E-state index >= 15 is 0 Å². The van der Waals surface area contributed by atoms with Gasteiger partial charge in [0.1, 0.15) is 0 Å². The Morgan fingerprint density at radius 1 is 0.536 bits per heavy atom. The second kappa shape index (κ2) is 15.7. The monoisotopic (exact) mass is 408 g/mol. The van der Waals surface area contributed by atoms with Crippen molar-refractivity contribution in [2.24, 2.45) is 0 Å². The summed E-state index contributed by atoms with van der Waals surface area (Å²) in [5.41, 5.74) is 0. The van der Waals surface area contributed by atoms with Crippen LogP contribution in [0.2, 0.25) is 0 Å². The number of hydrogen-bond acceptors (Lipinski definition) is 8. The minimum absolute atomic E-state index is 0.280. The molecule has 4 N–H and O–H groups in total. The van der Waals surface area contributed by atoms with E-state index in [0.29, 0.717) is 39.3 Å². The zero-order valence-corrected chi connectivity index (χ0v) is 15.6. The number of rotatable bonds is 19. The number of hydrogen-bond donors (Lipinski definition) is 4. The molecule has 0 heterocycles. The zero-order chi connectivity index (χ0) is 21.4. The van der Waals surface area contributed by atoms with Crippen LogP contribution in [0.4, 0.5) is 0 Å². The van der Waals surface area contributed by atoms with Crippen LogP contribution in [0.25, 0.3) is 0 Å². The molecule has 0 aliphatic rings. The molecule has 0 rings (SSSR count). The van der Waals surface area contributed by atoms with E-state index in [4.69, 9.17) is 29.9 Å². The van der Waals surface area contributed by atoms with Crippen molar-refractivity contribution in [3.63, 3.8) is 0 Å². The third kappa shape index (κ3) is 17.1. The first kappa shape index (κ1) is 25.7. The fraction of sp³-hybridized carbons (Fsp3) is 0.750. The standard InChI is InChI=1S/C16H28N2O10/c19-13(20)9-17(10-14(21)22)3-1-5-27-7-8-28-6-2-4-18(11-15(23)24)12-16(25)26/h1-12H2,(H,19,20)(H,21,22)(H,23,24)(H,25,26). The number of nitrogens with zero attached hydrogens (tertiary/aromatic N) is 2. The summed E-state index contributed by atoms with van der Waals surface area (Å²) in [6.07, 6.45) is 0.944. The van der Waals surface area contributed by atoms with Crippen LogP contribution in [0.5, 0.6) is 0 Å². The number of aliphatic carboxylic acids is 4. The second-order valence-electron chi connectivity index (χ2n) is 5.93. The molecule has 0 aromatic heterocycles. The van der Waals surface area contributed by atoms with E-state index in [-0.39, 0.29) is 39.3 Å². The largest absolute Gasteiger partial charge is 0.480 e. The first-order chi connectivity index (χ1) is 13.2. The van der Waals surface area contributed by atoms with E-state index in [1.807, 2.05) is 0 Å². The quantitative estimate of drug-likeness (QED) is 0.187. The van der Waals surface area contributed by atoms with Gasteiger partial charge in [-0.05, 0) is 12.8 Å². The predicted molar refractivity (Wildman–Crippen MR) is 94.3 cm³/mol. The Labute approximate surface area is 162 Å². The highest BCUT2D eigenvalue weighted by Gasteiger charge is 2.13. The average Bonchev–Trinajstić information content (AvgIpc) is 2.54. The van der Waals surface area contributed by atoms with Crippen molar-refractivity contribution in [1.82, 2.24) is 9.80 Å². The molecule has 0 bridgehead atoms. The molecule has 0 aliphatic carbocycles. The van der Waals surface area contributed by atoms with Gasteiger partial charge in [-0.25, -0.2) is 0 Å². The van der Waals surface area contributed by atoms with E-state index in [0.717, 1.165) is 0 Å².